The average molecular weight is 313 g/mol. The highest BCUT2D eigenvalue weighted by molar-refractivity contribution is 5.94. The lowest BCUT2D eigenvalue weighted by Gasteiger charge is -2.10. The first-order chi connectivity index (χ1) is 9.83. The minimum atomic E-state index is -0.0481. The Bertz CT molecular complexity index is 448. The van der Waals surface area contributed by atoms with Crippen molar-refractivity contribution in [3.8, 4) is 0 Å². The van der Waals surface area contributed by atoms with E-state index < -0.39 is 0 Å². The number of hydrogen-bond donors (Lipinski definition) is 3. The van der Waals surface area contributed by atoms with Crippen molar-refractivity contribution in [3.63, 3.8) is 0 Å². The van der Waals surface area contributed by atoms with E-state index in [1.54, 1.807) is 0 Å². The Hall–Kier alpha value is -1.07. The van der Waals surface area contributed by atoms with Crippen LogP contribution >= 0.6 is 12.4 Å². The van der Waals surface area contributed by atoms with Gasteiger partial charge < -0.3 is 10.6 Å². The summed E-state index contributed by atoms with van der Waals surface area (Å²) in [4.78, 5) is 12.0. The maximum atomic E-state index is 12.0. The number of nitrogens with zero attached hydrogens (tertiary/aromatic N) is 1. The minimum absolute atomic E-state index is 0. The summed E-state index contributed by atoms with van der Waals surface area (Å²) >= 11 is 0. The molecule has 3 rings (SSSR count). The molecular weight excluding hydrogens is 288 g/mol. The molecule has 1 aliphatic heterocycles. The van der Waals surface area contributed by atoms with Crippen LogP contribution in [-0.4, -0.2) is 28.7 Å². The van der Waals surface area contributed by atoms with Crippen molar-refractivity contribution in [3.05, 3.63) is 11.8 Å². The van der Waals surface area contributed by atoms with Crippen molar-refractivity contribution in [1.29, 1.82) is 0 Å². The number of carbonyl (C=O) groups excluding carboxylic acids is 1. The summed E-state index contributed by atoms with van der Waals surface area (Å²) in [5.41, 5.74) is 1.18. The molecule has 1 aromatic heterocycles. The van der Waals surface area contributed by atoms with E-state index in [9.17, 15) is 4.79 Å². The summed E-state index contributed by atoms with van der Waals surface area (Å²) in [6.45, 7) is 0.936. The molecule has 1 saturated heterocycles. The highest BCUT2D eigenvalue weighted by Crippen LogP contribution is 2.31. The first-order valence-electron chi connectivity index (χ1n) is 7.92. The Balaban J connectivity index is 0.00000161. The van der Waals surface area contributed by atoms with Crippen molar-refractivity contribution in [1.82, 2.24) is 15.5 Å². The predicted octanol–water partition coefficient (Wildman–Crippen LogP) is 2.96. The van der Waals surface area contributed by atoms with Gasteiger partial charge in [0.15, 0.2) is 5.82 Å². The van der Waals surface area contributed by atoms with Gasteiger partial charge in [-0.3, -0.25) is 9.89 Å². The van der Waals surface area contributed by atoms with E-state index in [1.165, 1.54) is 44.2 Å². The quantitative estimate of drug-likeness (QED) is 0.752. The molecule has 2 heterocycles. The highest BCUT2D eigenvalue weighted by Gasteiger charge is 2.23. The minimum Gasteiger partial charge on any atom is -0.308 e. The van der Waals surface area contributed by atoms with Crippen LogP contribution in [0.25, 0.3) is 0 Å². The average Bonchev–Trinajstić information content (AvgIpc) is 3.06. The van der Waals surface area contributed by atoms with Crippen molar-refractivity contribution >= 4 is 24.1 Å². The van der Waals surface area contributed by atoms with Gasteiger partial charge in [-0.05, 0) is 32.2 Å². The molecule has 0 spiro atoms. The maximum absolute atomic E-state index is 12.0. The number of H-pyrrole nitrogens is 1. The maximum Gasteiger partial charge on any atom is 0.242 e. The first kappa shape index (κ1) is 16.3. The Morgan fingerprint density at radius 3 is 2.57 bits per heavy atom. The fraction of sp³-hybridized carbons (Fsp3) is 0.733. The molecule has 1 saturated carbocycles. The number of aromatic nitrogens is 2. The van der Waals surface area contributed by atoms with E-state index in [-0.39, 0.29) is 24.4 Å². The topological polar surface area (TPSA) is 69.8 Å². The zero-order valence-corrected chi connectivity index (χ0v) is 13.2. The molecule has 1 atom stereocenters. The Labute approximate surface area is 132 Å². The summed E-state index contributed by atoms with van der Waals surface area (Å²) in [5.74, 6) is 1.30. The molecule has 1 aliphatic carbocycles. The van der Waals surface area contributed by atoms with Gasteiger partial charge >= 0.3 is 0 Å². The second-order valence-corrected chi connectivity index (χ2v) is 6.04. The fourth-order valence-corrected chi connectivity index (χ4v) is 3.32. The Morgan fingerprint density at radius 2 is 1.90 bits per heavy atom. The smallest absolute Gasteiger partial charge is 0.242 e. The fourth-order valence-electron chi connectivity index (χ4n) is 3.32. The Kier molecular flexibility index (Phi) is 6.06. The number of rotatable bonds is 3. The molecule has 0 bridgehead atoms. The lowest BCUT2D eigenvalue weighted by Crippen LogP contribution is -2.35. The van der Waals surface area contributed by atoms with Gasteiger partial charge in [0.2, 0.25) is 5.91 Å². The van der Waals surface area contributed by atoms with Crippen LogP contribution in [0.1, 0.15) is 63.0 Å². The highest BCUT2D eigenvalue weighted by atomic mass is 35.5. The number of halogens is 1. The monoisotopic (exact) mass is 312 g/mol. The van der Waals surface area contributed by atoms with Crippen molar-refractivity contribution in [2.75, 3.05) is 11.9 Å². The summed E-state index contributed by atoms with van der Waals surface area (Å²) in [7, 11) is 0. The summed E-state index contributed by atoms with van der Waals surface area (Å²) in [6.07, 6.45) is 9.77. The molecule has 1 unspecified atom stereocenters. The SMILES string of the molecule is Cl.O=C(Nc1cc(C2CCCCCC2)[nH]n1)C1CCCN1. The van der Waals surface area contributed by atoms with E-state index >= 15 is 0 Å². The van der Waals surface area contributed by atoms with Crippen LogP contribution in [0.4, 0.5) is 5.82 Å². The van der Waals surface area contributed by atoms with Gasteiger partial charge in [-0.25, -0.2) is 0 Å². The van der Waals surface area contributed by atoms with Crippen molar-refractivity contribution in [2.45, 2.75) is 63.3 Å². The third-order valence-electron chi connectivity index (χ3n) is 4.52. The molecule has 0 aromatic carbocycles. The molecule has 0 radical (unpaired) electrons. The second kappa shape index (κ2) is 7.80. The van der Waals surface area contributed by atoms with Crippen LogP contribution in [-0.2, 0) is 4.79 Å². The van der Waals surface area contributed by atoms with Gasteiger partial charge in [-0.1, -0.05) is 25.7 Å². The first-order valence-corrected chi connectivity index (χ1v) is 7.92. The second-order valence-electron chi connectivity index (χ2n) is 6.04. The van der Waals surface area contributed by atoms with Crippen LogP contribution in [0.2, 0.25) is 0 Å². The molecule has 1 amide bonds. The van der Waals surface area contributed by atoms with E-state index in [1.807, 2.05) is 6.07 Å². The summed E-state index contributed by atoms with van der Waals surface area (Å²) < 4.78 is 0. The summed E-state index contributed by atoms with van der Waals surface area (Å²) in [6, 6.07) is 1.97. The number of anilines is 1. The predicted molar refractivity (Wildman–Crippen MR) is 85.9 cm³/mol. The molecule has 1 aromatic rings. The molecule has 3 N–H and O–H groups in total. The molecule has 6 heteroatoms. The van der Waals surface area contributed by atoms with Gasteiger partial charge in [0, 0.05) is 17.7 Å². The van der Waals surface area contributed by atoms with Gasteiger partial charge in [0.25, 0.3) is 0 Å². The van der Waals surface area contributed by atoms with Crippen molar-refractivity contribution < 1.29 is 4.79 Å². The molecule has 21 heavy (non-hydrogen) atoms. The summed E-state index contributed by atoms with van der Waals surface area (Å²) in [5, 5.41) is 13.5. The standard InChI is InChI=1S/C15H24N4O.ClH/c20-15(12-8-5-9-16-12)17-14-10-13(18-19-14)11-6-3-1-2-4-7-11;/h10-12,16H,1-9H2,(H2,17,18,19,20);1H. The van der Waals surface area contributed by atoms with Gasteiger partial charge in [0.1, 0.15) is 0 Å². The number of amides is 1. The lowest BCUT2D eigenvalue weighted by atomic mass is 9.97. The van der Waals surface area contributed by atoms with E-state index in [0.717, 1.165) is 19.4 Å². The molecule has 5 nitrogen and oxygen atoms in total. The molecule has 118 valence electrons. The zero-order valence-electron chi connectivity index (χ0n) is 12.4. The number of carbonyl (C=O) groups is 1. The molecule has 2 aliphatic rings. The van der Waals surface area contributed by atoms with Crippen LogP contribution < -0.4 is 10.6 Å². The van der Waals surface area contributed by atoms with E-state index in [0.29, 0.717) is 11.7 Å². The molecular formula is C15H25ClN4O. The third-order valence-corrected chi connectivity index (χ3v) is 4.52. The van der Waals surface area contributed by atoms with Crippen LogP contribution in [0.3, 0.4) is 0 Å². The zero-order chi connectivity index (χ0) is 13.8. The number of hydrogen-bond acceptors (Lipinski definition) is 3. The van der Waals surface area contributed by atoms with Crippen LogP contribution in [0.5, 0.6) is 0 Å². The third kappa shape index (κ3) is 4.20. The van der Waals surface area contributed by atoms with Gasteiger partial charge in [-0.2, -0.15) is 5.10 Å². The Morgan fingerprint density at radius 1 is 1.14 bits per heavy atom. The van der Waals surface area contributed by atoms with Crippen molar-refractivity contribution in [2.24, 2.45) is 0 Å². The van der Waals surface area contributed by atoms with Crippen LogP contribution in [0.15, 0.2) is 6.07 Å². The molecule has 2 fully saturated rings. The van der Waals surface area contributed by atoms with Gasteiger partial charge in [-0.15, -0.1) is 12.4 Å². The number of aromatic amines is 1. The van der Waals surface area contributed by atoms with Gasteiger partial charge in [0.05, 0.1) is 6.04 Å². The van der Waals surface area contributed by atoms with E-state index in [4.69, 9.17) is 0 Å². The van der Waals surface area contributed by atoms with E-state index in [2.05, 4.69) is 20.8 Å². The lowest BCUT2D eigenvalue weighted by molar-refractivity contribution is -0.117. The number of nitrogens with one attached hydrogen (secondary N) is 3. The normalized spacial score (nSPS) is 23.3. The van der Waals surface area contributed by atoms with Crippen LogP contribution in [0, 0.1) is 0 Å². The largest absolute Gasteiger partial charge is 0.308 e.